The normalized spacial score (nSPS) is 12.7. The maximum Gasteiger partial charge on any atom is 0.573 e. The summed E-state index contributed by atoms with van der Waals surface area (Å²) in [4.78, 5) is 18.4. The molecule has 1 aromatic heterocycles. The number of pyridine rings is 1. The molecule has 0 aliphatic rings. The number of aromatic nitrogens is 1. The van der Waals surface area contributed by atoms with E-state index in [4.69, 9.17) is 0 Å². The van der Waals surface area contributed by atoms with Crippen molar-refractivity contribution in [3.8, 4) is 5.75 Å². The van der Waals surface area contributed by atoms with Crippen LogP contribution in [0, 0.1) is 0 Å². The quantitative estimate of drug-likeness (QED) is 0.814. The second-order valence-electron chi connectivity index (χ2n) is 5.79. The van der Waals surface area contributed by atoms with Gasteiger partial charge in [-0.05, 0) is 50.4 Å². The van der Waals surface area contributed by atoms with Gasteiger partial charge in [-0.25, -0.2) is 0 Å². The van der Waals surface area contributed by atoms with Gasteiger partial charge in [0, 0.05) is 30.5 Å². The van der Waals surface area contributed by atoms with E-state index in [1.54, 1.807) is 13.1 Å². The van der Waals surface area contributed by atoms with Gasteiger partial charge < -0.3 is 10.1 Å². The number of carbonyl (C=O) groups is 1. The number of anilines is 1. The summed E-state index contributed by atoms with van der Waals surface area (Å²) < 4.78 is 40.2. The van der Waals surface area contributed by atoms with Crippen LogP contribution in [-0.4, -0.2) is 41.8 Å². The molecule has 1 amide bonds. The van der Waals surface area contributed by atoms with Crippen molar-refractivity contribution < 1.29 is 22.7 Å². The van der Waals surface area contributed by atoms with Crippen molar-refractivity contribution >= 4 is 11.6 Å². The number of likely N-dealkylation sites (N-methyl/N-ethyl adjacent to an activating group) is 1. The lowest BCUT2D eigenvalue weighted by Crippen LogP contribution is -2.40. The molecule has 0 aliphatic heterocycles. The number of carbonyl (C=O) groups excluding carboxylic acids is 1. The van der Waals surface area contributed by atoms with E-state index in [1.807, 2.05) is 30.1 Å². The van der Waals surface area contributed by atoms with Gasteiger partial charge in [-0.3, -0.25) is 14.7 Å². The molecule has 0 bridgehead atoms. The van der Waals surface area contributed by atoms with Crippen LogP contribution in [0.5, 0.6) is 5.75 Å². The highest BCUT2D eigenvalue weighted by Crippen LogP contribution is 2.24. The first-order valence-electron chi connectivity index (χ1n) is 8.01. The molecule has 1 N–H and O–H groups in total. The Hall–Kier alpha value is -2.61. The lowest BCUT2D eigenvalue weighted by Gasteiger charge is -2.23. The highest BCUT2D eigenvalue weighted by atomic mass is 19.4. The topological polar surface area (TPSA) is 54.5 Å². The van der Waals surface area contributed by atoms with Gasteiger partial charge in [0.25, 0.3) is 0 Å². The molecule has 0 fully saturated rings. The fraction of sp³-hybridized carbons (Fsp3) is 0.333. The maximum atomic E-state index is 12.3. The number of rotatable bonds is 7. The van der Waals surface area contributed by atoms with Crippen molar-refractivity contribution in [3.05, 3.63) is 54.4 Å². The lowest BCUT2D eigenvalue weighted by molar-refractivity contribution is -0.274. The molecule has 1 aromatic carbocycles. The van der Waals surface area contributed by atoms with E-state index >= 15 is 0 Å². The predicted octanol–water partition coefficient (Wildman–Crippen LogP) is 3.48. The first kappa shape index (κ1) is 19.7. The van der Waals surface area contributed by atoms with Crippen molar-refractivity contribution in [2.24, 2.45) is 0 Å². The first-order chi connectivity index (χ1) is 12.2. The van der Waals surface area contributed by atoms with Gasteiger partial charge in [-0.2, -0.15) is 0 Å². The van der Waals surface area contributed by atoms with E-state index in [9.17, 15) is 18.0 Å². The Kier molecular flexibility index (Phi) is 6.57. The molecule has 0 saturated heterocycles. The molecule has 0 unspecified atom stereocenters. The predicted molar refractivity (Wildman–Crippen MR) is 91.8 cm³/mol. The zero-order valence-corrected chi connectivity index (χ0v) is 14.5. The van der Waals surface area contributed by atoms with E-state index in [2.05, 4.69) is 15.0 Å². The van der Waals surface area contributed by atoms with Gasteiger partial charge >= 0.3 is 6.36 Å². The van der Waals surface area contributed by atoms with Gasteiger partial charge in [-0.1, -0.05) is 6.07 Å². The minimum absolute atomic E-state index is 0.252. The molecule has 2 rings (SSSR count). The molecule has 0 aliphatic carbocycles. The standard InChI is InChI=1S/C18H20F3N3O2/c1-13(24(2)12-10-14-5-3-4-11-22-14)17(25)23-15-6-8-16(9-7-15)26-18(19,20)21/h3-9,11,13H,10,12H2,1-2H3,(H,23,25)/t13-/m1/s1. The molecule has 140 valence electrons. The van der Waals surface area contributed by atoms with E-state index < -0.39 is 12.4 Å². The molecule has 0 saturated carbocycles. The highest BCUT2D eigenvalue weighted by Gasteiger charge is 2.31. The van der Waals surface area contributed by atoms with Crippen LogP contribution in [0.15, 0.2) is 48.7 Å². The summed E-state index contributed by atoms with van der Waals surface area (Å²) in [5.41, 5.74) is 1.33. The Morgan fingerprint density at radius 1 is 1.23 bits per heavy atom. The second kappa shape index (κ2) is 8.66. The molecule has 1 heterocycles. The summed E-state index contributed by atoms with van der Waals surface area (Å²) >= 11 is 0. The smallest absolute Gasteiger partial charge is 0.406 e. The van der Waals surface area contributed by atoms with Gasteiger partial charge in [-0.15, -0.1) is 13.2 Å². The number of hydrogen-bond acceptors (Lipinski definition) is 4. The first-order valence-corrected chi connectivity index (χ1v) is 8.01. The van der Waals surface area contributed by atoms with E-state index in [-0.39, 0.29) is 11.7 Å². The Bertz CT molecular complexity index is 706. The Morgan fingerprint density at radius 3 is 2.50 bits per heavy atom. The van der Waals surface area contributed by atoms with Gasteiger partial charge in [0.05, 0.1) is 6.04 Å². The number of halogens is 3. The van der Waals surface area contributed by atoms with Crippen molar-refractivity contribution in [1.29, 1.82) is 0 Å². The highest BCUT2D eigenvalue weighted by molar-refractivity contribution is 5.94. The number of nitrogens with zero attached hydrogens (tertiary/aromatic N) is 2. The summed E-state index contributed by atoms with van der Waals surface area (Å²) in [6.45, 7) is 2.40. The number of amides is 1. The molecule has 8 heteroatoms. The van der Waals surface area contributed by atoms with Gasteiger partial charge in [0.15, 0.2) is 0 Å². The van der Waals surface area contributed by atoms with Gasteiger partial charge in [0.1, 0.15) is 5.75 Å². The number of ether oxygens (including phenoxy) is 1. The molecule has 2 aromatic rings. The summed E-state index contributed by atoms with van der Waals surface area (Å²) in [6, 6.07) is 10.3. The number of hydrogen-bond donors (Lipinski definition) is 1. The monoisotopic (exact) mass is 367 g/mol. The second-order valence-corrected chi connectivity index (χ2v) is 5.79. The summed E-state index contributed by atoms with van der Waals surface area (Å²) in [5.74, 6) is -0.589. The fourth-order valence-electron chi connectivity index (χ4n) is 2.22. The fourth-order valence-corrected chi connectivity index (χ4v) is 2.22. The SMILES string of the molecule is C[C@H](C(=O)Nc1ccc(OC(F)(F)F)cc1)N(C)CCc1ccccn1. The zero-order valence-electron chi connectivity index (χ0n) is 14.5. The third-order valence-corrected chi connectivity index (χ3v) is 3.84. The van der Waals surface area contributed by atoms with Crippen LogP contribution in [-0.2, 0) is 11.2 Å². The number of alkyl halides is 3. The molecular weight excluding hydrogens is 347 g/mol. The molecule has 26 heavy (non-hydrogen) atoms. The van der Waals surface area contributed by atoms with E-state index in [1.165, 1.54) is 12.1 Å². The van der Waals surface area contributed by atoms with E-state index in [0.717, 1.165) is 17.8 Å². The summed E-state index contributed by atoms with van der Waals surface area (Å²) in [6.07, 6.45) is -2.31. The third kappa shape index (κ3) is 6.36. The molecule has 1 atom stereocenters. The van der Waals surface area contributed by atoms with Crippen molar-refractivity contribution in [3.63, 3.8) is 0 Å². The number of nitrogens with one attached hydrogen (secondary N) is 1. The zero-order chi connectivity index (χ0) is 19.2. The van der Waals surface area contributed by atoms with Crippen molar-refractivity contribution in [2.75, 3.05) is 18.9 Å². The molecule has 5 nitrogen and oxygen atoms in total. The van der Waals surface area contributed by atoms with Crippen LogP contribution in [0.25, 0.3) is 0 Å². The van der Waals surface area contributed by atoms with Crippen LogP contribution in [0.4, 0.5) is 18.9 Å². The van der Waals surface area contributed by atoms with Crippen LogP contribution in [0.1, 0.15) is 12.6 Å². The Balaban J connectivity index is 1.85. The summed E-state index contributed by atoms with van der Waals surface area (Å²) in [7, 11) is 1.83. The average molecular weight is 367 g/mol. The average Bonchev–Trinajstić information content (AvgIpc) is 2.60. The minimum atomic E-state index is -4.74. The molecule has 0 radical (unpaired) electrons. The lowest BCUT2D eigenvalue weighted by atomic mass is 10.2. The van der Waals surface area contributed by atoms with Crippen molar-refractivity contribution in [1.82, 2.24) is 9.88 Å². The molecular formula is C18H20F3N3O2. The van der Waals surface area contributed by atoms with Crippen molar-refractivity contribution in [2.45, 2.75) is 25.7 Å². The van der Waals surface area contributed by atoms with Crippen LogP contribution >= 0.6 is 0 Å². The minimum Gasteiger partial charge on any atom is -0.406 e. The molecule has 0 spiro atoms. The number of benzene rings is 1. The summed E-state index contributed by atoms with van der Waals surface area (Å²) in [5, 5.41) is 2.68. The van der Waals surface area contributed by atoms with Crippen LogP contribution in [0.3, 0.4) is 0 Å². The largest absolute Gasteiger partial charge is 0.573 e. The van der Waals surface area contributed by atoms with Crippen LogP contribution < -0.4 is 10.1 Å². The third-order valence-electron chi connectivity index (χ3n) is 3.84. The van der Waals surface area contributed by atoms with E-state index in [0.29, 0.717) is 18.7 Å². The maximum absolute atomic E-state index is 12.3. The Labute approximate surface area is 149 Å². The van der Waals surface area contributed by atoms with Gasteiger partial charge in [0.2, 0.25) is 5.91 Å². The van der Waals surface area contributed by atoms with Crippen LogP contribution in [0.2, 0.25) is 0 Å². The Morgan fingerprint density at radius 2 is 1.92 bits per heavy atom.